The van der Waals surface area contributed by atoms with Crippen LogP contribution in [0.2, 0.25) is 0 Å². The minimum absolute atomic E-state index is 0.240. The topological polar surface area (TPSA) is 65.0 Å². The van der Waals surface area contributed by atoms with Crippen molar-refractivity contribution in [2.45, 2.75) is 64.6 Å². The number of aryl methyl sites for hydroxylation is 1. The van der Waals surface area contributed by atoms with Crippen LogP contribution < -0.4 is 9.47 Å². The highest BCUT2D eigenvalue weighted by molar-refractivity contribution is 5.78. The Labute approximate surface area is 229 Å². The molecule has 3 aromatic carbocycles. The molecule has 0 radical (unpaired) electrons. The molecule has 0 amide bonds. The van der Waals surface area contributed by atoms with Gasteiger partial charge in [0, 0.05) is 18.1 Å². The van der Waals surface area contributed by atoms with Crippen molar-refractivity contribution >= 4 is 5.97 Å². The standard InChI is InChI=1S/C33H37FO5/c1-32(2,3)30(38-5)26-15-20(8-12-24(26)25-16-22(37-4)11-13-29(25)34)19-39-23-10-9-21-7-6-14-33(27(21)17-23)18-28(33)31(35)36/h8-13,15-17,28,30H,6-7,14,18-19H2,1-5H3,(H,35,36)/t28-,30-,33-/m0/s1. The van der Waals surface area contributed by atoms with E-state index in [0.29, 0.717) is 24.3 Å². The first kappa shape index (κ1) is 27.2. The van der Waals surface area contributed by atoms with E-state index < -0.39 is 5.97 Å². The summed E-state index contributed by atoms with van der Waals surface area (Å²) in [5.41, 5.74) is 4.91. The third-order valence-corrected chi connectivity index (χ3v) is 8.35. The van der Waals surface area contributed by atoms with Crippen LogP contribution in [0.25, 0.3) is 11.1 Å². The molecule has 39 heavy (non-hydrogen) atoms. The third-order valence-electron chi connectivity index (χ3n) is 8.35. The van der Waals surface area contributed by atoms with Gasteiger partial charge in [-0.2, -0.15) is 0 Å². The second-order valence-corrected chi connectivity index (χ2v) is 12.0. The number of aliphatic carboxylic acids is 1. The molecule has 0 aromatic heterocycles. The van der Waals surface area contributed by atoms with Crippen LogP contribution in [0.5, 0.6) is 11.5 Å². The SMILES string of the molecule is COc1ccc(F)c(-c2ccc(COc3ccc4c(c3)[C@]3(CCC4)C[C@H]3C(=O)O)cc2[C@H](OC)C(C)(C)C)c1. The lowest BCUT2D eigenvalue weighted by molar-refractivity contribution is -0.139. The van der Waals surface area contributed by atoms with E-state index in [0.717, 1.165) is 47.3 Å². The fraction of sp³-hybridized carbons (Fsp3) is 0.424. The second-order valence-electron chi connectivity index (χ2n) is 12.0. The van der Waals surface area contributed by atoms with Gasteiger partial charge in [0.1, 0.15) is 23.9 Å². The summed E-state index contributed by atoms with van der Waals surface area (Å²) in [6, 6.07) is 16.8. The highest BCUT2D eigenvalue weighted by Crippen LogP contribution is 2.60. The molecular formula is C33H37FO5. The quantitative estimate of drug-likeness (QED) is 0.326. The summed E-state index contributed by atoms with van der Waals surface area (Å²) >= 11 is 0. The number of fused-ring (bicyclic) bond motifs is 2. The Balaban J connectivity index is 1.46. The van der Waals surface area contributed by atoms with Crippen LogP contribution in [0.15, 0.2) is 54.6 Å². The minimum atomic E-state index is -0.708. The molecule has 2 aliphatic carbocycles. The molecule has 1 fully saturated rings. The molecule has 0 aliphatic heterocycles. The summed E-state index contributed by atoms with van der Waals surface area (Å²) in [5, 5.41) is 9.65. The molecule has 206 valence electrons. The predicted octanol–water partition coefficient (Wildman–Crippen LogP) is 7.49. The lowest BCUT2D eigenvalue weighted by atomic mass is 9.78. The maximum absolute atomic E-state index is 15.0. The first-order chi connectivity index (χ1) is 18.6. The van der Waals surface area contributed by atoms with Gasteiger partial charge in [-0.05, 0) is 95.3 Å². The van der Waals surface area contributed by atoms with E-state index in [1.807, 2.05) is 30.3 Å². The molecule has 5 nitrogen and oxygen atoms in total. The highest BCUT2D eigenvalue weighted by Gasteiger charge is 2.60. The van der Waals surface area contributed by atoms with Crippen LogP contribution >= 0.6 is 0 Å². The van der Waals surface area contributed by atoms with Crippen molar-refractivity contribution in [3.05, 3.63) is 82.7 Å². The Morgan fingerprint density at radius 2 is 1.82 bits per heavy atom. The molecule has 0 bridgehead atoms. The van der Waals surface area contributed by atoms with E-state index in [2.05, 4.69) is 26.8 Å². The zero-order valence-electron chi connectivity index (χ0n) is 23.3. The average Bonchev–Trinajstić information content (AvgIpc) is 3.63. The molecule has 1 N–H and O–H groups in total. The van der Waals surface area contributed by atoms with Crippen LogP contribution in [0, 0.1) is 17.2 Å². The van der Waals surface area contributed by atoms with Gasteiger partial charge in [0.15, 0.2) is 0 Å². The van der Waals surface area contributed by atoms with Gasteiger partial charge in [-0.25, -0.2) is 4.39 Å². The van der Waals surface area contributed by atoms with Crippen LogP contribution in [0.1, 0.15) is 68.4 Å². The number of halogens is 1. The van der Waals surface area contributed by atoms with Crippen LogP contribution in [-0.4, -0.2) is 25.3 Å². The molecule has 6 heteroatoms. The van der Waals surface area contributed by atoms with Crippen LogP contribution in [0.3, 0.4) is 0 Å². The van der Waals surface area contributed by atoms with E-state index in [4.69, 9.17) is 14.2 Å². The number of carbonyl (C=O) groups is 1. The van der Waals surface area contributed by atoms with Crippen molar-refractivity contribution in [1.82, 2.24) is 0 Å². The van der Waals surface area contributed by atoms with Crippen molar-refractivity contribution in [3.8, 4) is 22.6 Å². The molecule has 5 rings (SSSR count). The summed E-state index contributed by atoms with van der Waals surface area (Å²) in [6.07, 6.45) is 3.33. The number of carboxylic acid groups (broad SMARTS) is 1. The van der Waals surface area contributed by atoms with Crippen molar-refractivity contribution in [2.75, 3.05) is 14.2 Å². The second kappa shape index (κ2) is 10.3. The predicted molar refractivity (Wildman–Crippen MR) is 149 cm³/mol. The summed E-state index contributed by atoms with van der Waals surface area (Å²) in [5.74, 6) is -0.0225. The summed E-state index contributed by atoms with van der Waals surface area (Å²) in [6.45, 7) is 6.62. The number of hydrogen-bond acceptors (Lipinski definition) is 4. The molecule has 0 unspecified atom stereocenters. The molecule has 0 heterocycles. The molecule has 1 saturated carbocycles. The zero-order chi connectivity index (χ0) is 27.9. The molecule has 3 atom stereocenters. The Kier molecular flexibility index (Phi) is 7.19. The van der Waals surface area contributed by atoms with Gasteiger partial charge in [-0.15, -0.1) is 0 Å². The van der Waals surface area contributed by atoms with Gasteiger partial charge < -0.3 is 19.3 Å². The number of carboxylic acids is 1. The summed E-state index contributed by atoms with van der Waals surface area (Å²) < 4.78 is 32.6. The Hall–Kier alpha value is -3.38. The van der Waals surface area contributed by atoms with Gasteiger partial charge in [-0.1, -0.05) is 39.0 Å². The van der Waals surface area contributed by atoms with E-state index in [-0.39, 0.29) is 28.7 Å². The van der Waals surface area contributed by atoms with Gasteiger partial charge in [0.05, 0.1) is 19.1 Å². The Morgan fingerprint density at radius 1 is 1.05 bits per heavy atom. The maximum atomic E-state index is 15.0. The highest BCUT2D eigenvalue weighted by atomic mass is 19.1. The third kappa shape index (κ3) is 5.14. The summed E-state index contributed by atoms with van der Waals surface area (Å²) in [4.78, 5) is 11.7. The van der Waals surface area contributed by atoms with E-state index >= 15 is 4.39 Å². The minimum Gasteiger partial charge on any atom is -0.497 e. The van der Waals surface area contributed by atoms with Crippen LogP contribution in [-0.2, 0) is 28.0 Å². The zero-order valence-corrected chi connectivity index (χ0v) is 23.3. The van der Waals surface area contributed by atoms with E-state index in [9.17, 15) is 9.90 Å². The fourth-order valence-electron chi connectivity index (χ4n) is 6.37. The van der Waals surface area contributed by atoms with Crippen molar-refractivity contribution in [1.29, 1.82) is 0 Å². The van der Waals surface area contributed by atoms with Gasteiger partial charge in [-0.3, -0.25) is 4.79 Å². The average molecular weight is 533 g/mol. The largest absolute Gasteiger partial charge is 0.497 e. The molecule has 1 spiro atoms. The van der Waals surface area contributed by atoms with Crippen molar-refractivity contribution in [3.63, 3.8) is 0 Å². The van der Waals surface area contributed by atoms with E-state index in [1.165, 1.54) is 11.6 Å². The molecular weight excluding hydrogens is 495 g/mol. The molecule has 0 saturated heterocycles. The fourth-order valence-corrected chi connectivity index (χ4v) is 6.37. The van der Waals surface area contributed by atoms with Crippen molar-refractivity contribution in [2.24, 2.45) is 11.3 Å². The normalized spacial score (nSPS) is 20.8. The monoisotopic (exact) mass is 532 g/mol. The molecule has 2 aliphatic rings. The Morgan fingerprint density at radius 3 is 2.49 bits per heavy atom. The smallest absolute Gasteiger partial charge is 0.307 e. The van der Waals surface area contributed by atoms with Gasteiger partial charge in [0.2, 0.25) is 0 Å². The number of rotatable bonds is 8. The first-order valence-corrected chi connectivity index (χ1v) is 13.6. The van der Waals surface area contributed by atoms with E-state index in [1.54, 1.807) is 26.4 Å². The molecule has 3 aromatic rings. The lowest BCUT2D eigenvalue weighted by Gasteiger charge is -2.32. The number of methoxy groups -OCH3 is 2. The van der Waals surface area contributed by atoms with Crippen molar-refractivity contribution < 1.29 is 28.5 Å². The van der Waals surface area contributed by atoms with Gasteiger partial charge >= 0.3 is 5.97 Å². The lowest BCUT2D eigenvalue weighted by Crippen LogP contribution is -2.21. The number of ether oxygens (including phenoxy) is 3. The Bertz CT molecular complexity index is 1390. The first-order valence-electron chi connectivity index (χ1n) is 13.6. The number of benzene rings is 3. The van der Waals surface area contributed by atoms with Gasteiger partial charge in [0.25, 0.3) is 0 Å². The van der Waals surface area contributed by atoms with Crippen LogP contribution in [0.4, 0.5) is 4.39 Å². The summed E-state index contributed by atoms with van der Waals surface area (Å²) in [7, 11) is 3.25. The number of hydrogen-bond donors (Lipinski definition) is 1. The maximum Gasteiger partial charge on any atom is 0.307 e.